The largest absolute Gasteiger partial charge is 0.392 e. The number of aromatic nitrogens is 3. The Bertz CT molecular complexity index is 900. The highest BCUT2D eigenvalue weighted by Gasteiger charge is 2.19. The standard InChI is InChI=1S/C18H21N5O3S/c1-11(24)8-20-17(25)15-16-13(5-7-27-16)21-18(23-15)22-14(10-26-2)12-4-3-6-19-9-12/h3-7,9,11,14,24H,8,10H2,1-2H3,(H,20,25)(H,21,22,23)/t11-,14+/m1/s1. The average molecular weight is 387 g/mol. The van der Waals surface area contributed by atoms with Gasteiger partial charge < -0.3 is 20.5 Å². The number of anilines is 1. The molecule has 3 aromatic heterocycles. The highest BCUT2D eigenvalue weighted by atomic mass is 32.1. The van der Waals surface area contributed by atoms with Crippen LogP contribution in [0.15, 0.2) is 36.0 Å². The fraction of sp³-hybridized carbons (Fsp3) is 0.333. The number of nitrogens with zero attached hydrogens (tertiary/aromatic N) is 3. The molecule has 0 radical (unpaired) electrons. The van der Waals surface area contributed by atoms with Gasteiger partial charge in [-0.05, 0) is 30.0 Å². The molecule has 0 aromatic carbocycles. The molecule has 3 rings (SSSR count). The predicted molar refractivity (Wildman–Crippen MR) is 104 cm³/mol. The van der Waals surface area contributed by atoms with E-state index in [2.05, 4.69) is 25.6 Å². The number of carbonyl (C=O) groups is 1. The Hall–Kier alpha value is -2.62. The van der Waals surface area contributed by atoms with Gasteiger partial charge in [-0.15, -0.1) is 11.3 Å². The SMILES string of the molecule is COC[C@H](Nc1nc(C(=O)NC[C@@H](C)O)c2sccc2n1)c1cccnc1. The lowest BCUT2D eigenvalue weighted by atomic mass is 10.1. The van der Waals surface area contributed by atoms with E-state index in [1.165, 1.54) is 11.3 Å². The normalized spacial score (nSPS) is 13.3. The summed E-state index contributed by atoms with van der Waals surface area (Å²) in [6.45, 7) is 2.15. The van der Waals surface area contributed by atoms with E-state index in [1.54, 1.807) is 26.4 Å². The Morgan fingerprint density at radius 2 is 2.22 bits per heavy atom. The Morgan fingerprint density at radius 3 is 2.93 bits per heavy atom. The van der Waals surface area contributed by atoms with Crippen LogP contribution in [0.2, 0.25) is 0 Å². The van der Waals surface area contributed by atoms with E-state index in [0.29, 0.717) is 22.8 Å². The molecule has 0 fully saturated rings. The van der Waals surface area contributed by atoms with Crippen molar-refractivity contribution in [3.63, 3.8) is 0 Å². The number of fused-ring (bicyclic) bond motifs is 1. The second-order valence-corrected chi connectivity index (χ2v) is 6.94. The summed E-state index contributed by atoms with van der Waals surface area (Å²) < 4.78 is 6.00. The number of aliphatic hydroxyl groups excluding tert-OH is 1. The van der Waals surface area contributed by atoms with Gasteiger partial charge in [0.15, 0.2) is 5.69 Å². The Balaban J connectivity index is 1.91. The summed E-state index contributed by atoms with van der Waals surface area (Å²) in [5.74, 6) is -0.0209. The van der Waals surface area contributed by atoms with Crippen LogP contribution in [0.1, 0.15) is 29.0 Å². The number of carbonyl (C=O) groups excluding carboxylic acids is 1. The minimum absolute atomic E-state index is 0.153. The minimum Gasteiger partial charge on any atom is -0.392 e. The van der Waals surface area contributed by atoms with Crippen LogP contribution in [-0.4, -0.2) is 52.3 Å². The van der Waals surface area contributed by atoms with Crippen LogP contribution in [0, 0.1) is 0 Å². The molecule has 8 nitrogen and oxygen atoms in total. The van der Waals surface area contributed by atoms with E-state index < -0.39 is 6.10 Å². The summed E-state index contributed by atoms with van der Waals surface area (Å²) in [4.78, 5) is 25.6. The van der Waals surface area contributed by atoms with Gasteiger partial charge in [0.05, 0.1) is 29.0 Å². The van der Waals surface area contributed by atoms with Crippen molar-refractivity contribution in [3.05, 3.63) is 47.2 Å². The number of nitrogens with one attached hydrogen (secondary N) is 2. The fourth-order valence-corrected chi connectivity index (χ4v) is 3.35. The molecule has 0 aliphatic heterocycles. The smallest absolute Gasteiger partial charge is 0.271 e. The molecule has 27 heavy (non-hydrogen) atoms. The van der Waals surface area contributed by atoms with Crippen molar-refractivity contribution >= 4 is 33.4 Å². The maximum Gasteiger partial charge on any atom is 0.271 e. The first-order chi connectivity index (χ1) is 13.1. The molecule has 0 saturated carbocycles. The molecule has 0 saturated heterocycles. The van der Waals surface area contributed by atoms with Gasteiger partial charge >= 0.3 is 0 Å². The van der Waals surface area contributed by atoms with Crippen LogP contribution in [0.25, 0.3) is 10.2 Å². The van der Waals surface area contributed by atoms with E-state index >= 15 is 0 Å². The second kappa shape index (κ2) is 8.85. The zero-order valence-electron chi connectivity index (χ0n) is 15.0. The number of aliphatic hydroxyl groups is 1. The quantitative estimate of drug-likeness (QED) is 0.542. The summed E-state index contributed by atoms with van der Waals surface area (Å²) in [6, 6.07) is 5.40. The van der Waals surface area contributed by atoms with Crippen molar-refractivity contribution in [2.75, 3.05) is 25.6 Å². The highest BCUT2D eigenvalue weighted by Crippen LogP contribution is 2.25. The van der Waals surface area contributed by atoms with Crippen molar-refractivity contribution in [1.29, 1.82) is 0 Å². The molecular formula is C18H21N5O3S. The summed E-state index contributed by atoms with van der Waals surface area (Å²) in [5.41, 5.74) is 1.89. The van der Waals surface area contributed by atoms with Crippen LogP contribution in [-0.2, 0) is 4.74 Å². The van der Waals surface area contributed by atoms with Crippen molar-refractivity contribution in [2.24, 2.45) is 0 Å². The third kappa shape index (κ3) is 4.76. The second-order valence-electron chi connectivity index (χ2n) is 6.03. The summed E-state index contributed by atoms with van der Waals surface area (Å²) in [5, 5.41) is 17.2. The summed E-state index contributed by atoms with van der Waals surface area (Å²) >= 11 is 1.40. The van der Waals surface area contributed by atoms with E-state index in [-0.39, 0.29) is 24.2 Å². The van der Waals surface area contributed by atoms with Crippen molar-refractivity contribution in [2.45, 2.75) is 19.1 Å². The first kappa shape index (κ1) is 19.2. The lowest BCUT2D eigenvalue weighted by Crippen LogP contribution is -2.31. The van der Waals surface area contributed by atoms with Crippen molar-refractivity contribution in [1.82, 2.24) is 20.3 Å². The number of thiophene rings is 1. The minimum atomic E-state index is -0.635. The molecule has 0 bridgehead atoms. The van der Waals surface area contributed by atoms with Crippen LogP contribution in [0.3, 0.4) is 0 Å². The topological polar surface area (TPSA) is 109 Å². The number of amides is 1. The first-order valence-electron chi connectivity index (χ1n) is 8.45. The molecule has 3 aromatic rings. The molecule has 9 heteroatoms. The van der Waals surface area contributed by atoms with Gasteiger partial charge in [0, 0.05) is 26.0 Å². The Morgan fingerprint density at radius 1 is 1.37 bits per heavy atom. The fourth-order valence-electron chi connectivity index (χ4n) is 2.53. The van der Waals surface area contributed by atoms with Gasteiger partial charge in [0.1, 0.15) is 0 Å². The van der Waals surface area contributed by atoms with E-state index in [4.69, 9.17) is 4.74 Å². The molecular weight excluding hydrogens is 366 g/mol. The molecule has 0 unspecified atom stereocenters. The van der Waals surface area contributed by atoms with Crippen molar-refractivity contribution in [3.8, 4) is 0 Å². The van der Waals surface area contributed by atoms with Crippen LogP contribution >= 0.6 is 11.3 Å². The Labute approximate surface area is 160 Å². The molecule has 0 aliphatic carbocycles. The van der Waals surface area contributed by atoms with E-state index in [1.807, 2.05) is 23.6 Å². The summed E-state index contributed by atoms with van der Waals surface area (Å²) in [6.07, 6.45) is 2.81. The molecule has 3 heterocycles. The third-order valence-corrected chi connectivity index (χ3v) is 4.71. The predicted octanol–water partition coefficient (Wildman–Crippen LogP) is 2.00. The Kier molecular flexibility index (Phi) is 6.28. The number of ether oxygens (including phenoxy) is 1. The first-order valence-corrected chi connectivity index (χ1v) is 9.33. The monoisotopic (exact) mass is 387 g/mol. The van der Waals surface area contributed by atoms with Gasteiger partial charge in [-0.1, -0.05) is 6.07 Å². The van der Waals surface area contributed by atoms with E-state index in [0.717, 1.165) is 5.56 Å². The number of hydrogen-bond acceptors (Lipinski definition) is 8. The molecule has 0 spiro atoms. The van der Waals surface area contributed by atoms with Gasteiger partial charge in [-0.2, -0.15) is 0 Å². The number of rotatable bonds is 8. The van der Waals surface area contributed by atoms with Gasteiger partial charge in [-0.25, -0.2) is 9.97 Å². The van der Waals surface area contributed by atoms with Gasteiger partial charge in [0.25, 0.3) is 5.91 Å². The van der Waals surface area contributed by atoms with Crippen molar-refractivity contribution < 1.29 is 14.6 Å². The average Bonchev–Trinajstić information content (AvgIpc) is 3.14. The van der Waals surface area contributed by atoms with Crippen LogP contribution in [0.5, 0.6) is 0 Å². The van der Waals surface area contributed by atoms with Gasteiger partial charge in [-0.3, -0.25) is 9.78 Å². The maximum absolute atomic E-state index is 12.5. The molecule has 2 atom stereocenters. The highest BCUT2D eigenvalue weighted by molar-refractivity contribution is 7.17. The molecule has 0 aliphatic rings. The van der Waals surface area contributed by atoms with Crippen LogP contribution < -0.4 is 10.6 Å². The van der Waals surface area contributed by atoms with Crippen LogP contribution in [0.4, 0.5) is 5.95 Å². The summed E-state index contributed by atoms with van der Waals surface area (Å²) in [7, 11) is 1.61. The number of methoxy groups -OCH3 is 1. The number of hydrogen-bond donors (Lipinski definition) is 3. The number of pyridine rings is 1. The molecule has 142 valence electrons. The third-order valence-electron chi connectivity index (χ3n) is 3.80. The zero-order chi connectivity index (χ0) is 19.2. The molecule has 3 N–H and O–H groups in total. The zero-order valence-corrected chi connectivity index (χ0v) is 15.9. The van der Waals surface area contributed by atoms with E-state index in [9.17, 15) is 9.90 Å². The maximum atomic E-state index is 12.5. The van der Waals surface area contributed by atoms with Gasteiger partial charge in [0.2, 0.25) is 5.95 Å². The lowest BCUT2D eigenvalue weighted by Gasteiger charge is -2.18. The molecule has 1 amide bonds. The lowest BCUT2D eigenvalue weighted by molar-refractivity contribution is 0.0921.